The number of nitrogens with zero attached hydrogens (tertiary/aromatic N) is 5. The predicted molar refractivity (Wildman–Crippen MR) is 169 cm³/mol. The van der Waals surface area contributed by atoms with Gasteiger partial charge < -0.3 is 19.5 Å². The zero-order valence-electron chi connectivity index (χ0n) is 25.7. The molecule has 230 valence electrons. The van der Waals surface area contributed by atoms with Gasteiger partial charge in [0.25, 0.3) is 11.5 Å². The third kappa shape index (κ3) is 5.80. The van der Waals surface area contributed by atoms with E-state index in [-0.39, 0.29) is 35.8 Å². The van der Waals surface area contributed by atoms with Crippen LogP contribution in [-0.4, -0.2) is 72.6 Å². The van der Waals surface area contributed by atoms with Gasteiger partial charge in [-0.05, 0) is 54.5 Å². The SMILES string of the molecule is CC(C)c1cccc(C(=O)N2CC[C@@H](C(=O)N3CCC(O)(Cn4cnc5c(ccn5C)c4=O)CC3)[C@H](c3ccccc3)C2)c1. The molecule has 2 fully saturated rings. The van der Waals surface area contributed by atoms with E-state index in [1.165, 1.54) is 10.9 Å². The average Bonchev–Trinajstić information content (AvgIpc) is 3.43. The summed E-state index contributed by atoms with van der Waals surface area (Å²) in [7, 11) is 1.84. The summed E-state index contributed by atoms with van der Waals surface area (Å²) in [5, 5.41) is 12.0. The van der Waals surface area contributed by atoms with E-state index in [0.29, 0.717) is 68.0 Å². The molecule has 9 heteroatoms. The number of piperidine rings is 2. The summed E-state index contributed by atoms with van der Waals surface area (Å²) >= 11 is 0. The third-order valence-corrected chi connectivity index (χ3v) is 9.57. The summed E-state index contributed by atoms with van der Waals surface area (Å²) in [5.41, 5.74) is 2.20. The number of aliphatic hydroxyl groups is 1. The molecule has 0 saturated carbocycles. The van der Waals surface area contributed by atoms with Crippen molar-refractivity contribution in [1.29, 1.82) is 0 Å². The van der Waals surface area contributed by atoms with E-state index in [1.807, 2.05) is 65.4 Å². The molecule has 0 unspecified atom stereocenters. The highest BCUT2D eigenvalue weighted by molar-refractivity contribution is 5.94. The minimum Gasteiger partial charge on any atom is -0.388 e. The molecule has 0 spiro atoms. The number of fused-ring (bicyclic) bond motifs is 1. The smallest absolute Gasteiger partial charge is 0.262 e. The molecule has 2 atom stereocenters. The Kier molecular flexibility index (Phi) is 8.16. The van der Waals surface area contributed by atoms with Crippen LogP contribution < -0.4 is 5.56 Å². The molecule has 2 saturated heterocycles. The van der Waals surface area contributed by atoms with Gasteiger partial charge in [0.1, 0.15) is 12.0 Å². The number of hydrogen-bond acceptors (Lipinski definition) is 5. The Morgan fingerprint density at radius 3 is 2.48 bits per heavy atom. The maximum Gasteiger partial charge on any atom is 0.262 e. The van der Waals surface area contributed by atoms with Gasteiger partial charge in [0, 0.05) is 56.8 Å². The molecule has 4 heterocycles. The summed E-state index contributed by atoms with van der Waals surface area (Å²) in [6.45, 7) is 6.18. The number of benzene rings is 2. The van der Waals surface area contributed by atoms with Gasteiger partial charge in [0.05, 0.1) is 17.5 Å². The first kappa shape index (κ1) is 29.8. The van der Waals surface area contributed by atoms with Gasteiger partial charge in [0.2, 0.25) is 5.91 Å². The molecule has 2 amide bonds. The van der Waals surface area contributed by atoms with Crippen molar-refractivity contribution in [3.63, 3.8) is 0 Å². The van der Waals surface area contributed by atoms with Crippen molar-refractivity contribution in [2.75, 3.05) is 26.2 Å². The van der Waals surface area contributed by atoms with Crippen LogP contribution in [0.5, 0.6) is 0 Å². The molecule has 2 aliphatic rings. The quantitative estimate of drug-likeness (QED) is 0.361. The fourth-order valence-electron chi connectivity index (χ4n) is 6.83. The summed E-state index contributed by atoms with van der Waals surface area (Å²) in [5.74, 6) is 0.00962. The number of hydrogen-bond donors (Lipinski definition) is 1. The summed E-state index contributed by atoms with van der Waals surface area (Å²) < 4.78 is 3.28. The Balaban J connectivity index is 1.15. The van der Waals surface area contributed by atoms with Gasteiger partial charge in [-0.25, -0.2) is 4.98 Å². The van der Waals surface area contributed by atoms with Crippen LogP contribution in [0.2, 0.25) is 0 Å². The minimum atomic E-state index is -1.11. The number of carbonyl (C=O) groups excluding carboxylic acids is 2. The van der Waals surface area contributed by atoms with Crippen LogP contribution in [0.3, 0.4) is 0 Å². The standard InChI is InChI=1S/C35H41N5O4/c1-24(2)26-10-7-11-27(20-26)32(41)39-17-13-28(30(21-39)25-8-5-4-6-9-25)33(42)38-18-14-35(44,15-19-38)22-40-23-36-31-29(34(40)43)12-16-37(31)3/h4-12,16,20,23-24,28,30,44H,13-15,17-19,21-22H2,1-3H3/t28-,30+/m1/s1. The van der Waals surface area contributed by atoms with Crippen molar-refractivity contribution >= 4 is 22.8 Å². The zero-order valence-corrected chi connectivity index (χ0v) is 25.7. The second-order valence-corrected chi connectivity index (χ2v) is 12.8. The van der Waals surface area contributed by atoms with Crippen molar-refractivity contribution in [2.45, 2.75) is 57.1 Å². The number of carbonyl (C=O) groups is 2. The van der Waals surface area contributed by atoms with E-state index in [1.54, 1.807) is 16.8 Å². The molecule has 9 nitrogen and oxygen atoms in total. The minimum absolute atomic E-state index is 0.000731. The van der Waals surface area contributed by atoms with E-state index in [9.17, 15) is 19.5 Å². The van der Waals surface area contributed by atoms with E-state index in [0.717, 1.165) is 11.1 Å². The van der Waals surface area contributed by atoms with Crippen molar-refractivity contribution in [3.8, 4) is 0 Å². The normalized spacial score (nSPS) is 20.3. The summed E-state index contributed by atoms with van der Waals surface area (Å²) in [6.07, 6.45) is 4.62. The van der Waals surface area contributed by atoms with E-state index in [2.05, 4.69) is 24.9 Å². The first-order valence-electron chi connectivity index (χ1n) is 15.6. The van der Waals surface area contributed by atoms with Gasteiger partial charge in [0.15, 0.2) is 0 Å². The van der Waals surface area contributed by atoms with Crippen LogP contribution >= 0.6 is 0 Å². The lowest BCUT2D eigenvalue weighted by molar-refractivity contribution is -0.142. The number of likely N-dealkylation sites (tertiary alicyclic amines) is 2. The monoisotopic (exact) mass is 595 g/mol. The highest BCUT2D eigenvalue weighted by Crippen LogP contribution is 2.36. The fraction of sp³-hybridized carbons (Fsp3) is 0.429. The molecule has 4 aromatic rings. The lowest BCUT2D eigenvalue weighted by Gasteiger charge is -2.43. The Hall–Kier alpha value is -4.24. The third-order valence-electron chi connectivity index (χ3n) is 9.57. The van der Waals surface area contributed by atoms with E-state index in [4.69, 9.17) is 0 Å². The van der Waals surface area contributed by atoms with Gasteiger partial charge in [-0.15, -0.1) is 0 Å². The highest BCUT2D eigenvalue weighted by Gasteiger charge is 2.41. The molecule has 44 heavy (non-hydrogen) atoms. The van der Waals surface area contributed by atoms with Gasteiger partial charge in [-0.3, -0.25) is 19.0 Å². The molecular weight excluding hydrogens is 554 g/mol. The number of rotatable bonds is 6. The first-order chi connectivity index (χ1) is 21.1. The molecule has 2 aromatic carbocycles. The first-order valence-corrected chi connectivity index (χ1v) is 15.6. The maximum absolute atomic E-state index is 14.0. The topological polar surface area (TPSA) is 101 Å². The Labute approximate surface area is 257 Å². The number of amides is 2. The molecule has 6 rings (SSSR count). The zero-order chi connectivity index (χ0) is 31.0. The van der Waals surface area contributed by atoms with Crippen LogP contribution in [0.1, 0.15) is 66.4 Å². The van der Waals surface area contributed by atoms with Crippen molar-refractivity contribution < 1.29 is 14.7 Å². The summed E-state index contributed by atoms with van der Waals surface area (Å²) in [4.78, 5) is 48.9. The highest BCUT2D eigenvalue weighted by atomic mass is 16.3. The van der Waals surface area contributed by atoms with Crippen molar-refractivity contribution in [1.82, 2.24) is 23.9 Å². The number of aromatic nitrogens is 3. The number of aryl methyl sites for hydroxylation is 1. The lowest BCUT2D eigenvalue weighted by Crippen LogP contribution is -2.53. The molecular formula is C35H41N5O4. The average molecular weight is 596 g/mol. The molecule has 2 aliphatic heterocycles. The second kappa shape index (κ2) is 12.0. The van der Waals surface area contributed by atoms with E-state index < -0.39 is 5.60 Å². The fourth-order valence-corrected chi connectivity index (χ4v) is 6.83. The predicted octanol–water partition coefficient (Wildman–Crippen LogP) is 4.16. The molecule has 0 bridgehead atoms. The Bertz CT molecular complexity index is 1720. The largest absolute Gasteiger partial charge is 0.388 e. The maximum atomic E-state index is 14.0. The Morgan fingerprint density at radius 1 is 1.00 bits per heavy atom. The van der Waals surface area contributed by atoms with Crippen LogP contribution in [0.25, 0.3) is 11.0 Å². The lowest BCUT2D eigenvalue weighted by atomic mass is 9.79. The van der Waals surface area contributed by atoms with Crippen LogP contribution in [0, 0.1) is 5.92 Å². The van der Waals surface area contributed by atoms with Crippen molar-refractivity contribution in [2.24, 2.45) is 13.0 Å². The molecule has 1 N–H and O–H groups in total. The van der Waals surface area contributed by atoms with Gasteiger partial charge in [-0.1, -0.05) is 56.3 Å². The molecule has 0 radical (unpaired) electrons. The van der Waals surface area contributed by atoms with Crippen LogP contribution in [-0.2, 0) is 18.4 Å². The van der Waals surface area contributed by atoms with Gasteiger partial charge in [-0.2, -0.15) is 0 Å². The molecule has 2 aromatic heterocycles. The second-order valence-electron chi connectivity index (χ2n) is 12.8. The van der Waals surface area contributed by atoms with Gasteiger partial charge >= 0.3 is 0 Å². The molecule has 0 aliphatic carbocycles. The van der Waals surface area contributed by atoms with Crippen molar-refractivity contribution in [3.05, 3.63) is 100 Å². The van der Waals surface area contributed by atoms with Crippen LogP contribution in [0.4, 0.5) is 0 Å². The summed E-state index contributed by atoms with van der Waals surface area (Å²) in [6, 6.07) is 19.6. The van der Waals surface area contributed by atoms with E-state index >= 15 is 0 Å². The Morgan fingerprint density at radius 2 is 1.75 bits per heavy atom. The van der Waals surface area contributed by atoms with Crippen LogP contribution in [0.15, 0.2) is 78.0 Å².